The molecule has 0 amide bonds. The van der Waals surface area contributed by atoms with Gasteiger partial charge in [0, 0.05) is 11.3 Å². The molecular weight excluding hydrogens is 274 g/mol. The topological polar surface area (TPSA) is 47.0 Å². The first-order valence-electron chi connectivity index (χ1n) is 8.01. The van der Waals surface area contributed by atoms with Crippen LogP contribution < -0.4 is 10.1 Å². The van der Waals surface area contributed by atoms with E-state index in [-0.39, 0.29) is 0 Å². The molecule has 1 atom stereocenters. The second-order valence-electron chi connectivity index (χ2n) is 5.88. The van der Waals surface area contributed by atoms with E-state index in [0.29, 0.717) is 0 Å². The Labute approximate surface area is 132 Å². The molecule has 0 bridgehead atoms. The van der Waals surface area contributed by atoms with Crippen LogP contribution in [-0.2, 0) is 6.42 Å². The number of hydrogen-bond acceptors (Lipinski definition) is 4. The maximum Gasteiger partial charge on any atom is 0.119 e. The van der Waals surface area contributed by atoms with Gasteiger partial charge < -0.3 is 10.1 Å². The van der Waals surface area contributed by atoms with Gasteiger partial charge in [0.15, 0.2) is 0 Å². The van der Waals surface area contributed by atoms with E-state index in [2.05, 4.69) is 27.4 Å². The lowest BCUT2D eigenvalue weighted by Gasteiger charge is -2.13. The van der Waals surface area contributed by atoms with E-state index in [1.165, 1.54) is 19.3 Å². The molecule has 1 aromatic carbocycles. The number of ether oxygens (including phenoxy) is 1. The molecule has 2 aromatic rings. The molecule has 1 N–H and O–H groups in total. The van der Waals surface area contributed by atoms with Gasteiger partial charge in [-0.05, 0) is 62.9 Å². The van der Waals surface area contributed by atoms with Crippen LogP contribution in [0.2, 0.25) is 0 Å². The molecule has 1 unspecified atom stereocenters. The summed E-state index contributed by atoms with van der Waals surface area (Å²) in [6.07, 6.45) is 6.50. The highest BCUT2D eigenvalue weighted by Gasteiger charge is 2.14. The lowest BCUT2D eigenvalue weighted by Crippen LogP contribution is -2.14. The van der Waals surface area contributed by atoms with Gasteiger partial charge in [-0.2, -0.15) is 0 Å². The third-order valence-corrected chi connectivity index (χ3v) is 4.28. The second-order valence-corrected chi connectivity index (χ2v) is 5.88. The van der Waals surface area contributed by atoms with Crippen LogP contribution in [0.5, 0.6) is 5.75 Å². The van der Waals surface area contributed by atoms with Crippen molar-refractivity contribution in [2.75, 3.05) is 20.2 Å². The van der Waals surface area contributed by atoms with Crippen molar-refractivity contribution in [3.8, 4) is 17.0 Å². The summed E-state index contributed by atoms with van der Waals surface area (Å²) in [5.74, 6) is 1.58. The first-order valence-corrected chi connectivity index (χ1v) is 8.01. The lowest BCUT2D eigenvalue weighted by molar-refractivity contribution is 0.415. The Morgan fingerprint density at radius 2 is 2.14 bits per heavy atom. The summed E-state index contributed by atoms with van der Waals surface area (Å²) < 4.78 is 5.29. The quantitative estimate of drug-likeness (QED) is 0.942. The van der Waals surface area contributed by atoms with E-state index in [1.807, 2.05) is 18.2 Å². The molecule has 0 saturated carbocycles. The van der Waals surface area contributed by atoms with Gasteiger partial charge in [-0.15, -0.1) is 0 Å². The monoisotopic (exact) mass is 297 g/mol. The number of nitrogens with one attached hydrogen (secondary N) is 1. The van der Waals surface area contributed by atoms with Crippen LogP contribution >= 0.6 is 0 Å². The van der Waals surface area contributed by atoms with Crippen molar-refractivity contribution in [2.45, 2.75) is 25.7 Å². The zero-order chi connectivity index (χ0) is 15.2. The SMILES string of the molecule is COc1cccc(-c2cc(CC3CCCNCC3)ncn2)c1. The fourth-order valence-corrected chi connectivity index (χ4v) is 3.04. The van der Waals surface area contributed by atoms with E-state index in [4.69, 9.17) is 4.74 Å². The molecule has 0 radical (unpaired) electrons. The Morgan fingerprint density at radius 3 is 3.05 bits per heavy atom. The summed E-state index contributed by atoms with van der Waals surface area (Å²) in [5.41, 5.74) is 3.18. The fourth-order valence-electron chi connectivity index (χ4n) is 3.04. The molecule has 0 aliphatic carbocycles. The van der Waals surface area contributed by atoms with Crippen molar-refractivity contribution in [1.29, 1.82) is 0 Å². The minimum atomic E-state index is 0.725. The average Bonchev–Trinajstić information content (AvgIpc) is 2.84. The largest absolute Gasteiger partial charge is 0.497 e. The Bertz CT molecular complexity index is 607. The van der Waals surface area contributed by atoms with Crippen molar-refractivity contribution in [2.24, 2.45) is 5.92 Å². The van der Waals surface area contributed by atoms with Crippen molar-refractivity contribution < 1.29 is 4.74 Å². The zero-order valence-corrected chi connectivity index (χ0v) is 13.1. The van der Waals surface area contributed by atoms with Gasteiger partial charge in [0.1, 0.15) is 12.1 Å². The van der Waals surface area contributed by atoms with Crippen molar-refractivity contribution in [1.82, 2.24) is 15.3 Å². The van der Waals surface area contributed by atoms with Gasteiger partial charge in [-0.1, -0.05) is 12.1 Å². The van der Waals surface area contributed by atoms with E-state index in [9.17, 15) is 0 Å². The van der Waals surface area contributed by atoms with Crippen LogP contribution in [0, 0.1) is 5.92 Å². The zero-order valence-electron chi connectivity index (χ0n) is 13.1. The van der Waals surface area contributed by atoms with Crippen molar-refractivity contribution in [3.63, 3.8) is 0 Å². The normalized spacial score (nSPS) is 18.7. The third-order valence-electron chi connectivity index (χ3n) is 4.28. The Hall–Kier alpha value is -1.94. The smallest absolute Gasteiger partial charge is 0.119 e. The number of rotatable bonds is 4. The Balaban J connectivity index is 1.76. The van der Waals surface area contributed by atoms with E-state index >= 15 is 0 Å². The standard InChI is InChI=1S/C18H23N3O/c1-22-17-6-2-5-15(11-17)18-12-16(20-13-21-18)10-14-4-3-8-19-9-7-14/h2,5-6,11-14,19H,3-4,7-10H2,1H3. The van der Waals surface area contributed by atoms with Crippen molar-refractivity contribution in [3.05, 3.63) is 42.4 Å². The number of methoxy groups -OCH3 is 1. The first kappa shape index (κ1) is 15.0. The number of benzene rings is 1. The summed E-state index contributed by atoms with van der Waals surface area (Å²) in [7, 11) is 1.69. The van der Waals surface area contributed by atoms with E-state index < -0.39 is 0 Å². The van der Waals surface area contributed by atoms with Gasteiger partial charge >= 0.3 is 0 Å². The molecule has 2 heterocycles. The number of aromatic nitrogens is 2. The van der Waals surface area contributed by atoms with Gasteiger partial charge in [-0.3, -0.25) is 0 Å². The molecule has 4 nitrogen and oxygen atoms in total. The molecule has 1 aliphatic rings. The maximum absolute atomic E-state index is 5.29. The van der Waals surface area contributed by atoms with Crippen molar-refractivity contribution >= 4 is 0 Å². The van der Waals surface area contributed by atoms with Crippen LogP contribution in [0.25, 0.3) is 11.3 Å². The Morgan fingerprint density at radius 1 is 1.18 bits per heavy atom. The predicted octanol–water partition coefficient (Wildman–Crippen LogP) is 3.08. The Kier molecular flexibility index (Phi) is 5.01. The minimum Gasteiger partial charge on any atom is -0.497 e. The molecule has 1 aliphatic heterocycles. The highest BCUT2D eigenvalue weighted by Crippen LogP contribution is 2.24. The predicted molar refractivity (Wildman–Crippen MR) is 87.9 cm³/mol. The number of nitrogens with zero attached hydrogens (tertiary/aromatic N) is 2. The molecule has 3 rings (SSSR count). The van der Waals surface area contributed by atoms with Crippen LogP contribution in [-0.4, -0.2) is 30.2 Å². The highest BCUT2D eigenvalue weighted by atomic mass is 16.5. The third kappa shape index (κ3) is 3.83. The molecule has 116 valence electrons. The fraction of sp³-hybridized carbons (Fsp3) is 0.444. The van der Waals surface area contributed by atoms with E-state index in [1.54, 1.807) is 13.4 Å². The van der Waals surface area contributed by atoms with Gasteiger partial charge in [-0.25, -0.2) is 9.97 Å². The summed E-state index contributed by atoms with van der Waals surface area (Å²) in [6, 6.07) is 10.1. The minimum absolute atomic E-state index is 0.725. The van der Waals surface area contributed by atoms with Crippen LogP contribution in [0.1, 0.15) is 25.0 Å². The summed E-state index contributed by atoms with van der Waals surface area (Å²) >= 11 is 0. The summed E-state index contributed by atoms with van der Waals surface area (Å²) in [4.78, 5) is 8.89. The summed E-state index contributed by atoms with van der Waals surface area (Å²) in [6.45, 7) is 2.27. The molecule has 22 heavy (non-hydrogen) atoms. The second kappa shape index (κ2) is 7.36. The van der Waals surface area contributed by atoms with Gasteiger partial charge in [0.2, 0.25) is 0 Å². The van der Waals surface area contributed by atoms with Crippen LogP contribution in [0.3, 0.4) is 0 Å². The molecule has 4 heteroatoms. The maximum atomic E-state index is 5.29. The molecule has 0 spiro atoms. The van der Waals surface area contributed by atoms with E-state index in [0.717, 1.165) is 48.1 Å². The molecular formula is C18H23N3O. The lowest BCUT2D eigenvalue weighted by atomic mass is 9.94. The number of hydrogen-bond donors (Lipinski definition) is 1. The van der Waals surface area contributed by atoms with Gasteiger partial charge in [0.05, 0.1) is 12.8 Å². The van der Waals surface area contributed by atoms with Crippen LogP contribution in [0.4, 0.5) is 0 Å². The molecule has 1 fully saturated rings. The highest BCUT2D eigenvalue weighted by molar-refractivity contribution is 5.61. The van der Waals surface area contributed by atoms with Crippen LogP contribution in [0.15, 0.2) is 36.7 Å². The average molecular weight is 297 g/mol. The molecule has 1 saturated heterocycles. The summed E-state index contributed by atoms with van der Waals surface area (Å²) in [5, 5.41) is 3.47. The first-order chi connectivity index (χ1) is 10.8. The molecule has 1 aromatic heterocycles. The van der Waals surface area contributed by atoms with Gasteiger partial charge in [0.25, 0.3) is 0 Å².